The second-order valence-corrected chi connectivity index (χ2v) is 19.2. The molecule has 0 saturated carbocycles. The highest BCUT2D eigenvalue weighted by molar-refractivity contribution is 7.09. The van der Waals surface area contributed by atoms with Crippen LogP contribution in [0.3, 0.4) is 0 Å². The number of nitrogens with one attached hydrogen (secondary N) is 1. The van der Waals surface area contributed by atoms with E-state index in [0.717, 1.165) is 0 Å². The monoisotopic (exact) mass is 447 g/mol. The van der Waals surface area contributed by atoms with Gasteiger partial charge in [0.1, 0.15) is 8.24 Å². The Bertz CT molecular complexity index is 798. The summed E-state index contributed by atoms with van der Waals surface area (Å²) in [4.78, 5) is 0. The van der Waals surface area contributed by atoms with E-state index in [2.05, 4.69) is 116 Å². The van der Waals surface area contributed by atoms with Gasteiger partial charge >= 0.3 is 0 Å². The first-order valence-electron chi connectivity index (χ1n) is 12.2. The minimum atomic E-state index is -2.34. The van der Waals surface area contributed by atoms with E-state index in [0.29, 0.717) is 0 Å². The van der Waals surface area contributed by atoms with Crippen molar-refractivity contribution < 1.29 is 0 Å². The van der Waals surface area contributed by atoms with Crippen molar-refractivity contribution in [3.63, 3.8) is 0 Å². The lowest BCUT2D eigenvalue weighted by Crippen LogP contribution is -2.79. The average molecular weight is 448 g/mol. The summed E-state index contributed by atoms with van der Waals surface area (Å²) < 4.78 is 4.42. The van der Waals surface area contributed by atoms with Gasteiger partial charge in [-0.05, 0) is 16.8 Å². The topological polar surface area (TPSA) is 12.0 Å². The minimum Gasteiger partial charge on any atom is -0.352 e. The maximum atomic E-state index is 4.42. The molecular formula is C28H41NSi2. The summed E-state index contributed by atoms with van der Waals surface area (Å²) in [7, 11) is -3.93. The maximum absolute atomic E-state index is 4.42. The Morgan fingerprint density at radius 1 is 0.677 bits per heavy atom. The summed E-state index contributed by atoms with van der Waals surface area (Å²) in [6, 6.07) is 22.8. The normalized spacial score (nSPS) is 15.5. The SMILES string of the molecule is CCCCCCCCC1([Si](N[Si](C)(C)C)(c2ccccc2)c2ccccc2)C=CC=C1. The maximum Gasteiger partial charge on any atom is 0.197 e. The van der Waals surface area contributed by atoms with Crippen LogP contribution in [0.2, 0.25) is 24.7 Å². The van der Waals surface area contributed by atoms with Crippen molar-refractivity contribution in [2.24, 2.45) is 0 Å². The van der Waals surface area contributed by atoms with Crippen molar-refractivity contribution in [1.29, 1.82) is 0 Å². The third-order valence-corrected chi connectivity index (χ3v) is 15.4. The molecule has 0 heterocycles. The molecule has 0 bridgehead atoms. The van der Waals surface area contributed by atoms with E-state index in [9.17, 15) is 0 Å². The Hall–Kier alpha value is -1.69. The van der Waals surface area contributed by atoms with Crippen LogP contribution >= 0.6 is 0 Å². The van der Waals surface area contributed by atoms with Crippen molar-refractivity contribution in [2.45, 2.75) is 76.5 Å². The molecule has 3 heteroatoms. The third-order valence-electron chi connectivity index (χ3n) is 6.52. The summed E-state index contributed by atoms with van der Waals surface area (Å²) in [6.45, 7) is 9.68. The van der Waals surface area contributed by atoms with Crippen LogP contribution in [0.15, 0.2) is 85.0 Å². The zero-order valence-electron chi connectivity index (χ0n) is 20.0. The van der Waals surface area contributed by atoms with Crippen LogP contribution in [0.25, 0.3) is 0 Å². The summed E-state index contributed by atoms with van der Waals surface area (Å²) in [5.41, 5.74) is 0. The highest BCUT2D eigenvalue weighted by Crippen LogP contribution is 2.47. The van der Waals surface area contributed by atoms with E-state index < -0.39 is 16.5 Å². The molecule has 2 aromatic rings. The van der Waals surface area contributed by atoms with Crippen LogP contribution in [-0.4, -0.2) is 16.5 Å². The van der Waals surface area contributed by atoms with Crippen LogP contribution in [0, 0.1) is 0 Å². The van der Waals surface area contributed by atoms with Gasteiger partial charge in [0.25, 0.3) is 0 Å². The zero-order chi connectivity index (χ0) is 22.2. The highest BCUT2D eigenvalue weighted by atomic mass is 28.4. The zero-order valence-corrected chi connectivity index (χ0v) is 22.0. The van der Waals surface area contributed by atoms with Gasteiger partial charge in [0.15, 0.2) is 8.24 Å². The molecule has 1 N–H and O–H groups in total. The van der Waals surface area contributed by atoms with Gasteiger partial charge in [-0.25, -0.2) is 0 Å². The van der Waals surface area contributed by atoms with Crippen LogP contribution in [-0.2, 0) is 0 Å². The van der Waals surface area contributed by atoms with Gasteiger partial charge in [-0.3, -0.25) is 0 Å². The predicted molar refractivity (Wildman–Crippen MR) is 143 cm³/mol. The van der Waals surface area contributed by atoms with Gasteiger partial charge in [-0.1, -0.05) is 150 Å². The molecule has 0 spiro atoms. The second kappa shape index (κ2) is 10.8. The molecule has 0 radical (unpaired) electrons. The van der Waals surface area contributed by atoms with Crippen LogP contribution in [0.5, 0.6) is 0 Å². The van der Waals surface area contributed by atoms with Crippen LogP contribution < -0.4 is 15.0 Å². The summed E-state index contributed by atoms with van der Waals surface area (Å²) in [6.07, 6.45) is 19.0. The fourth-order valence-corrected chi connectivity index (χ4v) is 15.8. The Morgan fingerprint density at radius 3 is 1.65 bits per heavy atom. The van der Waals surface area contributed by atoms with E-state index in [1.54, 1.807) is 0 Å². The van der Waals surface area contributed by atoms with Gasteiger partial charge < -0.3 is 4.65 Å². The Labute approximate surface area is 192 Å². The molecule has 0 fully saturated rings. The van der Waals surface area contributed by atoms with Crippen molar-refractivity contribution in [1.82, 2.24) is 4.65 Å². The minimum absolute atomic E-state index is 0.0702. The lowest BCUT2D eigenvalue weighted by molar-refractivity contribution is 0.565. The first kappa shape index (κ1) is 24.0. The number of unbranched alkanes of at least 4 members (excludes halogenated alkanes) is 5. The standard InChI is InChI=1S/C28H41NSi2/c1-5-6-7-8-9-16-23-28(24-17-18-25-28)31(29-30(2,3)4,26-19-12-10-13-20-26)27-21-14-11-15-22-27/h10-15,17-22,24-25,29H,5-9,16,23H2,1-4H3. The molecule has 0 saturated heterocycles. The van der Waals surface area contributed by atoms with Gasteiger partial charge in [-0.15, -0.1) is 0 Å². The molecule has 166 valence electrons. The Morgan fingerprint density at radius 2 is 1.16 bits per heavy atom. The Kier molecular flexibility index (Phi) is 8.32. The summed E-state index contributed by atoms with van der Waals surface area (Å²) in [5.74, 6) is 0. The van der Waals surface area contributed by atoms with E-state index >= 15 is 0 Å². The van der Waals surface area contributed by atoms with Crippen LogP contribution in [0.4, 0.5) is 0 Å². The molecule has 0 atom stereocenters. The van der Waals surface area contributed by atoms with E-state index in [-0.39, 0.29) is 5.04 Å². The number of rotatable bonds is 12. The fraction of sp³-hybridized carbons (Fsp3) is 0.429. The molecular weight excluding hydrogens is 406 g/mol. The molecule has 1 nitrogen and oxygen atoms in total. The van der Waals surface area contributed by atoms with Crippen molar-refractivity contribution in [3.8, 4) is 0 Å². The van der Waals surface area contributed by atoms with Gasteiger partial charge in [0.2, 0.25) is 0 Å². The molecule has 3 rings (SSSR count). The molecule has 0 unspecified atom stereocenters. The largest absolute Gasteiger partial charge is 0.352 e. The average Bonchev–Trinajstić information content (AvgIpc) is 3.25. The van der Waals surface area contributed by atoms with E-state index in [1.165, 1.54) is 55.3 Å². The van der Waals surface area contributed by atoms with Gasteiger partial charge in [0, 0.05) is 5.04 Å². The highest BCUT2D eigenvalue weighted by Gasteiger charge is 2.55. The number of benzene rings is 2. The quantitative estimate of drug-likeness (QED) is 0.279. The molecule has 1 aliphatic rings. The van der Waals surface area contributed by atoms with E-state index in [1.807, 2.05) is 0 Å². The Balaban J connectivity index is 2.09. The second-order valence-electron chi connectivity index (χ2n) is 10.1. The molecule has 0 amide bonds. The fourth-order valence-electron chi connectivity index (χ4n) is 5.22. The third kappa shape index (κ3) is 5.57. The molecule has 0 aromatic heterocycles. The number of hydrogen-bond acceptors (Lipinski definition) is 1. The van der Waals surface area contributed by atoms with Gasteiger partial charge in [0.05, 0.1) is 0 Å². The number of hydrogen-bond donors (Lipinski definition) is 1. The van der Waals surface area contributed by atoms with Gasteiger partial charge in [-0.2, -0.15) is 0 Å². The lowest BCUT2D eigenvalue weighted by atomic mass is 10.0. The number of allylic oxidation sites excluding steroid dienone is 4. The molecule has 1 aliphatic carbocycles. The first-order valence-corrected chi connectivity index (χ1v) is 17.7. The predicted octanol–water partition coefficient (Wildman–Crippen LogP) is 6.79. The lowest BCUT2D eigenvalue weighted by Gasteiger charge is -2.50. The molecule has 31 heavy (non-hydrogen) atoms. The molecule has 2 aromatic carbocycles. The van der Waals surface area contributed by atoms with E-state index in [4.69, 9.17) is 0 Å². The molecule has 0 aliphatic heterocycles. The first-order chi connectivity index (χ1) is 14.9. The van der Waals surface area contributed by atoms with Crippen LogP contribution in [0.1, 0.15) is 51.9 Å². The smallest absolute Gasteiger partial charge is 0.197 e. The summed E-state index contributed by atoms with van der Waals surface area (Å²) in [5, 5.41) is 3.08. The van der Waals surface area contributed by atoms with Crippen molar-refractivity contribution in [3.05, 3.63) is 85.0 Å². The summed E-state index contributed by atoms with van der Waals surface area (Å²) >= 11 is 0. The van der Waals surface area contributed by atoms with Crippen molar-refractivity contribution in [2.75, 3.05) is 0 Å². The van der Waals surface area contributed by atoms with Crippen molar-refractivity contribution >= 4 is 26.8 Å².